The number of benzene rings is 2. The van der Waals surface area contributed by atoms with Gasteiger partial charge in [-0.1, -0.05) is 30.3 Å². The molecule has 7 heteroatoms. The van der Waals surface area contributed by atoms with Gasteiger partial charge in [0.2, 0.25) is 0 Å². The zero-order chi connectivity index (χ0) is 19.8. The van der Waals surface area contributed by atoms with Crippen LogP contribution in [-0.2, 0) is 20.1 Å². The Morgan fingerprint density at radius 3 is 2.68 bits per heavy atom. The van der Waals surface area contributed by atoms with Gasteiger partial charge in [-0.15, -0.1) is 0 Å². The molecule has 0 aliphatic heterocycles. The third kappa shape index (κ3) is 5.33. The monoisotopic (exact) mass is 378 g/mol. The Bertz CT molecular complexity index is 920. The second-order valence-electron chi connectivity index (χ2n) is 6.37. The van der Waals surface area contributed by atoms with Crippen LogP contribution in [0.4, 0.5) is 0 Å². The average molecular weight is 378 g/mol. The smallest absolute Gasteiger partial charge is 0.191 e. The number of nitrogens with one attached hydrogen (secondary N) is 2. The summed E-state index contributed by atoms with van der Waals surface area (Å²) in [5.41, 5.74) is 2.16. The number of nitrogens with zero attached hydrogens (tertiary/aromatic N) is 4. The van der Waals surface area contributed by atoms with Crippen molar-refractivity contribution in [1.29, 1.82) is 0 Å². The van der Waals surface area contributed by atoms with Crippen molar-refractivity contribution in [2.75, 3.05) is 6.54 Å². The molecule has 146 valence electrons. The van der Waals surface area contributed by atoms with Crippen molar-refractivity contribution in [3.63, 3.8) is 0 Å². The van der Waals surface area contributed by atoms with E-state index in [4.69, 9.17) is 9.73 Å². The van der Waals surface area contributed by atoms with Crippen molar-refractivity contribution in [3.05, 3.63) is 71.8 Å². The molecule has 0 spiro atoms. The van der Waals surface area contributed by atoms with Crippen molar-refractivity contribution in [1.82, 2.24) is 25.4 Å². The van der Waals surface area contributed by atoms with Gasteiger partial charge in [0.25, 0.3) is 0 Å². The minimum absolute atomic E-state index is 0.497. The zero-order valence-corrected chi connectivity index (χ0v) is 16.5. The Morgan fingerprint density at radius 2 is 1.96 bits per heavy atom. The number of hydrogen-bond donors (Lipinski definition) is 2. The number of ether oxygens (including phenoxy) is 1. The van der Waals surface area contributed by atoms with E-state index in [1.807, 2.05) is 50.4 Å². The number of hydrogen-bond acceptors (Lipinski definition) is 4. The van der Waals surface area contributed by atoms with Gasteiger partial charge in [-0.2, -0.15) is 5.10 Å². The summed E-state index contributed by atoms with van der Waals surface area (Å²) in [4.78, 5) is 8.93. The van der Waals surface area contributed by atoms with E-state index < -0.39 is 0 Å². The normalized spacial score (nSPS) is 11.3. The highest BCUT2D eigenvalue weighted by Gasteiger charge is 2.07. The molecular weight excluding hydrogens is 352 g/mol. The van der Waals surface area contributed by atoms with E-state index in [0.717, 1.165) is 41.0 Å². The van der Waals surface area contributed by atoms with Crippen LogP contribution in [-0.4, -0.2) is 27.3 Å². The van der Waals surface area contributed by atoms with Gasteiger partial charge in [-0.3, -0.25) is 4.68 Å². The van der Waals surface area contributed by atoms with E-state index in [0.29, 0.717) is 13.1 Å². The summed E-state index contributed by atoms with van der Waals surface area (Å²) in [7, 11) is 1.87. The lowest BCUT2D eigenvalue weighted by molar-refractivity contribution is 0.476. The van der Waals surface area contributed by atoms with Crippen molar-refractivity contribution < 1.29 is 4.74 Å². The molecule has 0 saturated heterocycles. The maximum absolute atomic E-state index is 6.09. The molecule has 0 fully saturated rings. The van der Waals surface area contributed by atoms with Crippen LogP contribution < -0.4 is 15.4 Å². The van der Waals surface area contributed by atoms with Crippen LogP contribution in [0.5, 0.6) is 11.5 Å². The number of para-hydroxylation sites is 1. The van der Waals surface area contributed by atoms with Crippen LogP contribution in [0.15, 0.2) is 59.9 Å². The molecule has 0 radical (unpaired) electrons. The van der Waals surface area contributed by atoms with Crippen LogP contribution in [0.2, 0.25) is 0 Å². The van der Waals surface area contributed by atoms with Crippen LogP contribution in [0, 0.1) is 6.92 Å². The molecule has 2 aromatic carbocycles. The highest BCUT2D eigenvalue weighted by Crippen LogP contribution is 2.27. The Morgan fingerprint density at radius 1 is 1.14 bits per heavy atom. The molecule has 3 rings (SSSR count). The lowest BCUT2D eigenvalue weighted by Gasteiger charge is -2.13. The summed E-state index contributed by atoms with van der Waals surface area (Å²) >= 11 is 0. The fraction of sp³-hybridized carbons (Fsp3) is 0.286. The van der Waals surface area contributed by atoms with Gasteiger partial charge in [0.1, 0.15) is 23.7 Å². The van der Waals surface area contributed by atoms with Gasteiger partial charge < -0.3 is 15.4 Å². The Labute approximate surface area is 165 Å². The number of rotatable bonds is 7. The first-order valence-electron chi connectivity index (χ1n) is 9.33. The van der Waals surface area contributed by atoms with E-state index in [1.54, 1.807) is 11.0 Å². The molecule has 28 heavy (non-hydrogen) atoms. The first-order valence-corrected chi connectivity index (χ1v) is 9.33. The number of aryl methyl sites for hydroxylation is 2. The summed E-state index contributed by atoms with van der Waals surface area (Å²) < 4.78 is 7.82. The summed E-state index contributed by atoms with van der Waals surface area (Å²) in [6.45, 7) is 5.90. The van der Waals surface area contributed by atoms with E-state index >= 15 is 0 Å². The summed E-state index contributed by atoms with van der Waals surface area (Å²) in [5.74, 6) is 3.19. The summed E-state index contributed by atoms with van der Waals surface area (Å²) in [6, 6.07) is 16.0. The van der Waals surface area contributed by atoms with Gasteiger partial charge in [0, 0.05) is 19.2 Å². The van der Waals surface area contributed by atoms with Gasteiger partial charge >= 0.3 is 0 Å². The van der Waals surface area contributed by atoms with E-state index in [2.05, 4.69) is 39.8 Å². The molecular formula is C21H26N6O. The highest BCUT2D eigenvalue weighted by molar-refractivity contribution is 5.79. The van der Waals surface area contributed by atoms with Crippen molar-refractivity contribution in [2.24, 2.45) is 12.0 Å². The molecule has 1 aromatic heterocycles. The predicted octanol–water partition coefficient (Wildman–Crippen LogP) is 3.17. The van der Waals surface area contributed by atoms with E-state index in [9.17, 15) is 0 Å². The molecule has 3 aromatic rings. The third-order valence-electron chi connectivity index (χ3n) is 4.16. The molecule has 0 atom stereocenters. The fourth-order valence-corrected chi connectivity index (χ4v) is 2.65. The topological polar surface area (TPSA) is 76.4 Å². The molecule has 7 nitrogen and oxygen atoms in total. The quantitative estimate of drug-likeness (QED) is 0.488. The number of aromatic nitrogens is 3. The van der Waals surface area contributed by atoms with Crippen LogP contribution in [0.1, 0.15) is 23.9 Å². The molecule has 1 heterocycles. The fourth-order valence-electron chi connectivity index (χ4n) is 2.65. The molecule has 0 amide bonds. The predicted molar refractivity (Wildman–Crippen MR) is 110 cm³/mol. The van der Waals surface area contributed by atoms with Crippen LogP contribution >= 0.6 is 0 Å². The second kappa shape index (κ2) is 9.55. The molecule has 2 N–H and O–H groups in total. The molecule has 0 aliphatic rings. The Hall–Kier alpha value is -3.35. The molecule has 0 aliphatic carbocycles. The number of guanidine groups is 1. The average Bonchev–Trinajstić information content (AvgIpc) is 3.11. The Kier molecular flexibility index (Phi) is 6.62. The van der Waals surface area contributed by atoms with Crippen LogP contribution in [0.25, 0.3) is 0 Å². The lowest BCUT2D eigenvalue weighted by atomic mass is 10.1. The third-order valence-corrected chi connectivity index (χ3v) is 4.16. The van der Waals surface area contributed by atoms with Gasteiger partial charge in [0.15, 0.2) is 5.96 Å². The van der Waals surface area contributed by atoms with Gasteiger partial charge in [-0.25, -0.2) is 9.98 Å². The lowest BCUT2D eigenvalue weighted by Crippen LogP contribution is -2.37. The van der Waals surface area contributed by atoms with Crippen molar-refractivity contribution in [3.8, 4) is 11.5 Å². The first-order chi connectivity index (χ1) is 13.7. The molecule has 0 unspecified atom stereocenters. The second-order valence-corrected chi connectivity index (χ2v) is 6.37. The zero-order valence-electron chi connectivity index (χ0n) is 16.5. The molecule has 0 saturated carbocycles. The Balaban J connectivity index is 1.73. The minimum atomic E-state index is 0.497. The van der Waals surface area contributed by atoms with Crippen molar-refractivity contribution >= 4 is 5.96 Å². The summed E-state index contributed by atoms with van der Waals surface area (Å²) in [6.07, 6.45) is 1.54. The standard InChI is InChI=1S/C21H26N6O/c1-4-22-21(24-14-20-25-15-26-27(20)3)23-13-17-11-10-16(2)12-19(17)28-18-8-6-5-7-9-18/h5-12,15H,4,13-14H2,1-3H3,(H2,22,23,24). The first kappa shape index (κ1) is 19.4. The molecule has 0 bridgehead atoms. The maximum Gasteiger partial charge on any atom is 0.191 e. The minimum Gasteiger partial charge on any atom is -0.457 e. The number of aliphatic imine (C=N–C) groups is 1. The van der Waals surface area contributed by atoms with Gasteiger partial charge in [0.05, 0.1) is 13.1 Å². The van der Waals surface area contributed by atoms with E-state index in [1.165, 1.54) is 0 Å². The maximum atomic E-state index is 6.09. The largest absolute Gasteiger partial charge is 0.457 e. The van der Waals surface area contributed by atoms with Crippen LogP contribution in [0.3, 0.4) is 0 Å². The van der Waals surface area contributed by atoms with E-state index in [-0.39, 0.29) is 0 Å². The van der Waals surface area contributed by atoms with Crippen molar-refractivity contribution in [2.45, 2.75) is 26.9 Å². The highest BCUT2D eigenvalue weighted by atomic mass is 16.5. The van der Waals surface area contributed by atoms with Gasteiger partial charge in [-0.05, 0) is 37.6 Å². The summed E-state index contributed by atoms with van der Waals surface area (Å²) in [5, 5.41) is 10.6. The SMILES string of the molecule is CCNC(=NCc1ccc(C)cc1Oc1ccccc1)NCc1ncnn1C.